The lowest BCUT2D eigenvalue weighted by atomic mass is 9.85. The van der Waals surface area contributed by atoms with Crippen LogP contribution in [0.1, 0.15) is 25.3 Å². The molecule has 0 radical (unpaired) electrons. The highest BCUT2D eigenvalue weighted by atomic mass is 35.5. The number of hydrogen-bond acceptors (Lipinski definition) is 3. The van der Waals surface area contributed by atoms with Crippen LogP contribution in [0.3, 0.4) is 0 Å². The number of benzene rings is 1. The van der Waals surface area contributed by atoms with E-state index in [0.29, 0.717) is 0 Å². The number of hydrogen-bond donors (Lipinski definition) is 2. The summed E-state index contributed by atoms with van der Waals surface area (Å²) in [5, 5.41) is 3.20. The second-order valence-electron chi connectivity index (χ2n) is 4.49. The van der Waals surface area contributed by atoms with E-state index in [4.69, 9.17) is 10.5 Å². The van der Waals surface area contributed by atoms with Gasteiger partial charge in [-0.2, -0.15) is 0 Å². The number of rotatable bonds is 5. The zero-order valence-corrected chi connectivity index (χ0v) is 11.1. The molecule has 0 bridgehead atoms. The molecule has 4 heteroatoms. The fourth-order valence-corrected chi connectivity index (χ4v) is 1.82. The lowest BCUT2D eigenvalue weighted by molar-refractivity contribution is 0.285. The van der Waals surface area contributed by atoms with Crippen molar-refractivity contribution < 1.29 is 4.74 Å². The Morgan fingerprint density at radius 1 is 1.29 bits per heavy atom. The number of nitrogens with one attached hydrogen (secondary N) is 1. The van der Waals surface area contributed by atoms with Crippen LogP contribution in [0, 0.1) is 0 Å². The van der Waals surface area contributed by atoms with Gasteiger partial charge in [0, 0.05) is 13.1 Å². The minimum Gasteiger partial charge on any atom is -0.494 e. The highest BCUT2D eigenvalue weighted by molar-refractivity contribution is 5.85. The highest BCUT2D eigenvalue weighted by Gasteiger charge is 2.33. The van der Waals surface area contributed by atoms with Crippen LogP contribution in [0.15, 0.2) is 24.3 Å². The molecule has 0 amide bonds. The van der Waals surface area contributed by atoms with Crippen molar-refractivity contribution in [2.45, 2.75) is 25.3 Å². The Morgan fingerprint density at radius 3 is 2.41 bits per heavy atom. The van der Waals surface area contributed by atoms with Crippen molar-refractivity contribution in [3.63, 3.8) is 0 Å². The minimum atomic E-state index is -0.165. The molecule has 1 saturated heterocycles. The molecule has 0 spiro atoms. The molecule has 0 unspecified atom stereocenters. The molecule has 1 heterocycles. The third kappa shape index (κ3) is 3.35. The normalized spacial score (nSPS) is 16.8. The molecule has 0 aromatic heterocycles. The molecule has 3 nitrogen and oxygen atoms in total. The molecule has 1 aliphatic rings. The number of nitrogens with two attached hydrogens (primary N) is 1. The van der Waals surface area contributed by atoms with Crippen molar-refractivity contribution in [2.24, 2.45) is 5.73 Å². The van der Waals surface area contributed by atoms with E-state index in [-0.39, 0.29) is 17.9 Å². The summed E-state index contributed by atoms with van der Waals surface area (Å²) < 4.78 is 5.61. The Balaban J connectivity index is 0.00000144. The van der Waals surface area contributed by atoms with E-state index in [1.165, 1.54) is 5.56 Å². The molecule has 3 N–H and O–H groups in total. The van der Waals surface area contributed by atoms with Crippen LogP contribution in [0.5, 0.6) is 5.75 Å². The maximum atomic E-state index is 6.19. The van der Waals surface area contributed by atoms with Gasteiger partial charge < -0.3 is 15.8 Å². The van der Waals surface area contributed by atoms with Crippen LogP contribution in [0.25, 0.3) is 0 Å². The van der Waals surface area contributed by atoms with Crippen molar-refractivity contribution in [3.05, 3.63) is 29.8 Å². The summed E-state index contributed by atoms with van der Waals surface area (Å²) in [6.45, 7) is 4.69. The van der Waals surface area contributed by atoms with Crippen LogP contribution in [-0.4, -0.2) is 19.7 Å². The van der Waals surface area contributed by atoms with Crippen LogP contribution in [0.2, 0.25) is 0 Å². The second kappa shape index (κ2) is 6.24. The molecule has 0 saturated carbocycles. The summed E-state index contributed by atoms with van der Waals surface area (Å²) in [4.78, 5) is 0. The van der Waals surface area contributed by atoms with Gasteiger partial charge in [-0.05, 0) is 24.1 Å². The van der Waals surface area contributed by atoms with Crippen molar-refractivity contribution >= 4 is 12.4 Å². The van der Waals surface area contributed by atoms with Gasteiger partial charge in [0.25, 0.3) is 0 Å². The van der Waals surface area contributed by atoms with Gasteiger partial charge >= 0.3 is 0 Å². The predicted octanol–water partition coefficient (Wildman–Crippen LogP) is 2.04. The summed E-state index contributed by atoms with van der Waals surface area (Å²) in [5.74, 6) is 0.938. The number of ether oxygens (including phenoxy) is 1. The average Bonchev–Trinajstić information content (AvgIpc) is 2.27. The summed E-state index contributed by atoms with van der Waals surface area (Å²) in [7, 11) is 0. The molecule has 0 atom stereocenters. The summed E-state index contributed by atoms with van der Waals surface area (Å²) >= 11 is 0. The smallest absolute Gasteiger partial charge is 0.119 e. The monoisotopic (exact) mass is 256 g/mol. The Kier molecular flexibility index (Phi) is 5.25. The molecule has 2 rings (SSSR count). The maximum Gasteiger partial charge on any atom is 0.119 e. The first-order valence-electron chi connectivity index (χ1n) is 5.97. The Bertz CT molecular complexity index is 336. The molecule has 1 aromatic rings. The molecule has 1 fully saturated rings. The van der Waals surface area contributed by atoms with Crippen LogP contribution in [0.4, 0.5) is 0 Å². The van der Waals surface area contributed by atoms with Gasteiger partial charge in [-0.3, -0.25) is 0 Å². The van der Waals surface area contributed by atoms with Crippen molar-refractivity contribution in [2.75, 3.05) is 19.7 Å². The minimum absolute atomic E-state index is 0. The molecule has 1 aromatic carbocycles. The highest BCUT2D eigenvalue weighted by Crippen LogP contribution is 2.24. The molecular formula is C13H21ClN2O. The van der Waals surface area contributed by atoms with E-state index < -0.39 is 0 Å². The lowest BCUT2D eigenvalue weighted by Gasteiger charge is -2.39. The van der Waals surface area contributed by atoms with Gasteiger partial charge in [0.2, 0.25) is 0 Å². The van der Waals surface area contributed by atoms with Crippen LogP contribution >= 0.6 is 12.4 Å². The van der Waals surface area contributed by atoms with Gasteiger partial charge in [0.15, 0.2) is 0 Å². The molecule has 96 valence electrons. The topological polar surface area (TPSA) is 47.3 Å². The first-order chi connectivity index (χ1) is 7.74. The van der Waals surface area contributed by atoms with Gasteiger partial charge in [-0.1, -0.05) is 25.5 Å². The van der Waals surface area contributed by atoms with Crippen molar-refractivity contribution in [3.8, 4) is 5.75 Å². The second-order valence-corrected chi connectivity index (χ2v) is 4.49. The Labute approximate surface area is 109 Å². The standard InChI is InChI=1S/C13H20N2O.ClH/c1-2-3-8-16-12-6-4-11(5-7-12)13(14)9-15-10-13;/h4-7,15H,2-3,8-10,14H2,1H3;1H. The molecular weight excluding hydrogens is 236 g/mol. The van der Waals surface area contributed by atoms with E-state index in [1.54, 1.807) is 0 Å². The third-order valence-electron chi connectivity index (χ3n) is 3.08. The lowest BCUT2D eigenvalue weighted by Crippen LogP contribution is -2.62. The average molecular weight is 257 g/mol. The first kappa shape index (κ1) is 14.3. The zero-order chi connectivity index (χ0) is 11.4. The van der Waals surface area contributed by atoms with Gasteiger partial charge in [0.05, 0.1) is 12.1 Å². The van der Waals surface area contributed by atoms with E-state index in [1.807, 2.05) is 12.1 Å². The van der Waals surface area contributed by atoms with E-state index in [2.05, 4.69) is 24.4 Å². The van der Waals surface area contributed by atoms with Crippen molar-refractivity contribution in [1.82, 2.24) is 5.32 Å². The third-order valence-corrected chi connectivity index (χ3v) is 3.08. The Morgan fingerprint density at radius 2 is 1.94 bits per heavy atom. The number of unbranched alkanes of at least 4 members (excludes halogenated alkanes) is 1. The number of halogens is 1. The SMILES string of the molecule is CCCCOc1ccc(C2(N)CNC2)cc1.Cl. The molecule has 17 heavy (non-hydrogen) atoms. The Hall–Kier alpha value is -0.770. The molecule has 0 aliphatic carbocycles. The fraction of sp³-hybridized carbons (Fsp3) is 0.538. The van der Waals surface area contributed by atoms with Crippen molar-refractivity contribution in [1.29, 1.82) is 0 Å². The summed E-state index contributed by atoms with van der Waals surface area (Å²) in [6.07, 6.45) is 2.27. The summed E-state index contributed by atoms with van der Waals surface area (Å²) in [5.41, 5.74) is 7.22. The quantitative estimate of drug-likeness (QED) is 0.793. The summed E-state index contributed by atoms with van der Waals surface area (Å²) in [6, 6.07) is 8.17. The molecule has 1 aliphatic heterocycles. The fourth-order valence-electron chi connectivity index (χ4n) is 1.82. The van der Waals surface area contributed by atoms with E-state index in [0.717, 1.165) is 38.3 Å². The largest absolute Gasteiger partial charge is 0.494 e. The van der Waals surface area contributed by atoms with Gasteiger partial charge in [0.1, 0.15) is 5.75 Å². The first-order valence-corrected chi connectivity index (χ1v) is 5.97. The van der Waals surface area contributed by atoms with Crippen LogP contribution < -0.4 is 15.8 Å². The van der Waals surface area contributed by atoms with Gasteiger partial charge in [-0.25, -0.2) is 0 Å². The van der Waals surface area contributed by atoms with Gasteiger partial charge in [-0.15, -0.1) is 12.4 Å². The predicted molar refractivity (Wildman–Crippen MR) is 72.8 cm³/mol. The van der Waals surface area contributed by atoms with E-state index in [9.17, 15) is 0 Å². The maximum absolute atomic E-state index is 6.19. The van der Waals surface area contributed by atoms with E-state index >= 15 is 0 Å². The zero-order valence-electron chi connectivity index (χ0n) is 10.2. The van der Waals surface area contributed by atoms with Crippen LogP contribution in [-0.2, 0) is 5.54 Å².